The highest BCUT2D eigenvalue weighted by molar-refractivity contribution is 5.97. The molecule has 0 saturated heterocycles. The van der Waals surface area contributed by atoms with Gasteiger partial charge in [0.1, 0.15) is 5.75 Å². The summed E-state index contributed by atoms with van der Waals surface area (Å²) < 4.78 is 5.67. The molecule has 2 aromatic carbocycles. The summed E-state index contributed by atoms with van der Waals surface area (Å²) >= 11 is 0. The minimum Gasteiger partial charge on any atom is -0.483 e. The molecule has 1 N–H and O–H groups in total. The largest absolute Gasteiger partial charge is 0.483 e. The highest BCUT2D eigenvalue weighted by atomic mass is 16.5. The number of aryl methyl sites for hydroxylation is 2. The fraction of sp³-hybridized carbons (Fsp3) is 0.391. The van der Waals surface area contributed by atoms with Gasteiger partial charge in [0, 0.05) is 24.3 Å². The highest BCUT2D eigenvalue weighted by Gasteiger charge is 2.23. The molecule has 28 heavy (non-hydrogen) atoms. The molecule has 5 nitrogen and oxygen atoms in total. The van der Waals surface area contributed by atoms with Crippen molar-refractivity contribution in [3.63, 3.8) is 0 Å². The molecular formula is C23H28N2O3. The number of hydrogen-bond acceptors (Lipinski definition) is 3. The lowest BCUT2D eigenvalue weighted by atomic mass is 10.00. The Balaban J connectivity index is 1.64. The van der Waals surface area contributed by atoms with Crippen molar-refractivity contribution in [2.75, 3.05) is 23.4 Å². The zero-order chi connectivity index (χ0) is 20.1. The third kappa shape index (κ3) is 4.53. The van der Waals surface area contributed by atoms with Gasteiger partial charge in [0.05, 0.1) is 0 Å². The van der Waals surface area contributed by atoms with Crippen LogP contribution in [0.3, 0.4) is 0 Å². The number of carbonyl (C=O) groups is 2. The number of rotatable bonds is 7. The van der Waals surface area contributed by atoms with Crippen molar-refractivity contribution in [2.45, 2.75) is 46.5 Å². The third-order valence-corrected chi connectivity index (χ3v) is 5.21. The van der Waals surface area contributed by atoms with E-state index in [9.17, 15) is 9.59 Å². The van der Waals surface area contributed by atoms with Gasteiger partial charge in [-0.1, -0.05) is 25.5 Å². The van der Waals surface area contributed by atoms with E-state index in [4.69, 9.17) is 4.74 Å². The van der Waals surface area contributed by atoms with Crippen molar-refractivity contribution in [3.05, 3.63) is 53.1 Å². The first-order valence-electron chi connectivity index (χ1n) is 9.91. The number of unbranched alkanes of at least 4 members (excludes halogenated alkanes) is 1. The van der Waals surface area contributed by atoms with Crippen LogP contribution in [0, 0.1) is 13.8 Å². The van der Waals surface area contributed by atoms with E-state index >= 15 is 0 Å². The van der Waals surface area contributed by atoms with E-state index < -0.39 is 0 Å². The molecule has 0 saturated carbocycles. The predicted molar refractivity (Wildman–Crippen MR) is 112 cm³/mol. The normalized spacial score (nSPS) is 13.2. The van der Waals surface area contributed by atoms with Crippen LogP contribution in [-0.2, 0) is 16.0 Å². The van der Waals surface area contributed by atoms with E-state index in [-0.39, 0.29) is 18.4 Å². The van der Waals surface area contributed by atoms with Crippen LogP contribution in [0.2, 0.25) is 0 Å². The summed E-state index contributed by atoms with van der Waals surface area (Å²) in [6.45, 7) is 6.83. The molecule has 0 bridgehead atoms. The van der Waals surface area contributed by atoms with Crippen LogP contribution in [0.15, 0.2) is 36.4 Å². The first-order chi connectivity index (χ1) is 13.5. The molecule has 148 valence electrons. The van der Waals surface area contributed by atoms with Crippen LogP contribution < -0.4 is 15.0 Å². The molecule has 0 spiro atoms. The summed E-state index contributed by atoms with van der Waals surface area (Å²) in [7, 11) is 0. The summed E-state index contributed by atoms with van der Waals surface area (Å²) in [5.74, 6) is 0.709. The molecule has 0 aromatic heterocycles. The van der Waals surface area contributed by atoms with Gasteiger partial charge in [-0.3, -0.25) is 9.59 Å². The van der Waals surface area contributed by atoms with Crippen molar-refractivity contribution in [2.24, 2.45) is 0 Å². The fourth-order valence-electron chi connectivity index (χ4n) is 3.42. The molecule has 5 heteroatoms. The summed E-state index contributed by atoms with van der Waals surface area (Å²) in [5, 5.41) is 2.90. The van der Waals surface area contributed by atoms with Gasteiger partial charge in [-0.25, -0.2) is 0 Å². The maximum atomic E-state index is 12.3. The molecule has 0 fully saturated rings. The van der Waals surface area contributed by atoms with Gasteiger partial charge in [-0.2, -0.15) is 0 Å². The maximum Gasteiger partial charge on any atom is 0.262 e. The van der Waals surface area contributed by atoms with Gasteiger partial charge >= 0.3 is 0 Å². The average molecular weight is 380 g/mol. The van der Waals surface area contributed by atoms with Crippen LogP contribution >= 0.6 is 0 Å². The van der Waals surface area contributed by atoms with E-state index in [0.717, 1.165) is 53.2 Å². The summed E-state index contributed by atoms with van der Waals surface area (Å²) in [5.41, 5.74) is 4.98. The molecule has 1 aliphatic heterocycles. The molecule has 0 unspecified atom stereocenters. The van der Waals surface area contributed by atoms with E-state index in [1.165, 1.54) is 0 Å². The second kappa shape index (κ2) is 8.91. The molecule has 0 radical (unpaired) electrons. The number of ether oxygens (including phenoxy) is 1. The lowest BCUT2D eigenvalue weighted by molar-refractivity contribution is -0.119. The summed E-state index contributed by atoms with van der Waals surface area (Å²) in [4.78, 5) is 26.4. The first-order valence-corrected chi connectivity index (χ1v) is 9.91. The molecule has 1 heterocycles. The molecule has 0 aliphatic carbocycles. The topological polar surface area (TPSA) is 58.6 Å². The number of amides is 2. The Kier molecular flexibility index (Phi) is 6.34. The van der Waals surface area contributed by atoms with Gasteiger partial charge in [0.15, 0.2) is 6.61 Å². The zero-order valence-corrected chi connectivity index (χ0v) is 16.9. The van der Waals surface area contributed by atoms with Crippen LogP contribution in [0.1, 0.15) is 42.9 Å². The Morgan fingerprint density at radius 2 is 2.00 bits per heavy atom. The molecule has 3 rings (SSSR count). The number of carbonyl (C=O) groups excluding carboxylic acids is 2. The summed E-state index contributed by atoms with van der Waals surface area (Å²) in [6.07, 6.45) is 3.26. The molecule has 0 atom stereocenters. The lowest BCUT2D eigenvalue weighted by Crippen LogP contribution is -2.35. The molecule has 2 aromatic rings. The van der Waals surface area contributed by atoms with Crippen molar-refractivity contribution in [3.8, 4) is 5.75 Å². The number of fused-ring (bicyclic) bond motifs is 1. The van der Waals surface area contributed by atoms with Gasteiger partial charge in [-0.15, -0.1) is 0 Å². The Bertz CT molecular complexity index is 876. The molecule has 2 amide bonds. The van der Waals surface area contributed by atoms with E-state index in [0.29, 0.717) is 12.8 Å². The Labute approximate surface area is 166 Å². The number of benzene rings is 2. The number of nitrogens with zero attached hydrogens (tertiary/aromatic N) is 1. The van der Waals surface area contributed by atoms with Crippen molar-refractivity contribution >= 4 is 23.2 Å². The highest BCUT2D eigenvalue weighted by Crippen LogP contribution is 2.30. The van der Waals surface area contributed by atoms with E-state index in [2.05, 4.69) is 12.2 Å². The number of nitrogens with one attached hydrogen (secondary N) is 1. The Morgan fingerprint density at radius 1 is 1.18 bits per heavy atom. The predicted octanol–water partition coefficient (Wildman–Crippen LogP) is 4.40. The Morgan fingerprint density at radius 3 is 2.79 bits per heavy atom. The third-order valence-electron chi connectivity index (χ3n) is 5.21. The Hall–Kier alpha value is -2.82. The zero-order valence-electron chi connectivity index (χ0n) is 16.9. The quantitative estimate of drug-likeness (QED) is 0.774. The summed E-state index contributed by atoms with van der Waals surface area (Å²) in [6, 6.07) is 11.6. The SMILES string of the molecule is CCCCN1C(=O)CCc2cc(NC(=O)COc3cccc(C)c3C)ccc21. The smallest absolute Gasteiger partial charge is 0.262 e. The van der Waals surface area contributed by atoms with Crippen LogP contribution in [-0.4, -0.2) is 25.0 Å². The first kappa shape index (κ1) is 19.9. The molecular weight excluding hydrogens is 352 g/mol. The van der Waals surface area contributed by atoms with Crippen LogP contribution in [0.5, 0.6) is 5.75 Å². The van der Waals surface area contributed by atoms with Gasteiger partial charge < -0.3 is 15.0 Å². The van der Waals surface area contributed by atoms with Crippen LogP contribution in [0.25, 0.3) is 0 Å². The minimum atomic E-state index is -0.199. The minimum absolute atomic E-state index is 0.0392. The molecule has 1 aliphatic rings. The van der Waals surface area contributed by atoms with E-state index in [1.807, 2.05) is 55.1 Å². The second-order valence-electron chi connectivity index (χ2n) is 7.28. The van der Waals surface area contributed by atoms with Crippen LogP contribution in [0.4, 0.5) is 11.4 Å². The standard InChI is InChI=1S/C23H28N2O3/c1-4-5-13-25-20-11-10-19(14-18(20)9-12-23(25)27)24-22(26)15-28-21-8-6-7-16(2)17(21)3/h6-8,10-11,14H,4-5,9,12-13,15H2,1-3H3,(H,24,26). The van der Waals surface area contributed by atoms with Gasteiger partial charge in [0.25, 0.3) is 5.91 Å². The van der Waals surface area contributed by atoms with Gasteiger partial charge in [0.2, 0.25) is 5.91 Å². The fourth-order valence-corrected chi connectivity index (χ4v) is 3.42. The van der Waals surface area contributed by atoms with Crippen molar-refractivity contribution in [1.82, 2.24) is 0 Å². The number of anilines is 2. The second-order valence-corrected chi connectivity index (χ2v) is 7.28. The van der Waals surface area contributed by atoms with Gasteiger partial charge in [-0.05, 0) is 67.6 Å². The monoisotopic (exact) mass is 380 g/mol. The number of hydrogen-bond donors (Lipinski definition) is 1. The average Bonchev–Trinajstić information content (AvgIpc) is 2.68. The van der Waals surface area contributed by atoms with Crippen molar-refractivity contribution in [1.29, 1.82) is 0 Å². The maximum absolute atomic E-state index is 12.3. The lowest BCUT2D eigenvalue weighted by Gasteiger charge is -2.29. The van der Waals surface area contributed by atoms with Crippen molar-refractivity contribution < 1.29 is 14.3 Å². The van der Waals surface area contributed by atoms with E-state index in [1.54, 1.807) is 0 Å².